The zero-order valence-corrected chi connectivity index (χ0v) is 17.5. The number of rotatable bonds is 4. The van der Waals surface area contributed by atoms with Crippen LogP contribution in [0.2, 0.25) is 0 Å². The van der Waals surface area contributed by atoms with Crippen molar-refractivity contribution in [3.63, 3.8) is 0 Å². The molecule has 2 aromatic rings. The highest BCUT2D eigenvalue weighted by Gasteiger charge is 2.54. The van der Waals surface area contributed by atoms with Crippen LogP contribution in [0.1, 0.15) is 50.9 Å². The Hall–Kier alpha value is -3.03. The van der Waals surface area contributed by atoms with Gasteiger partial charge in [-0.1, -0.05) is 12.1 Å². The molecule has 0 unspecified atom stereocenters. The Labute approximate surface area is 175 Å². The molecule has 0 atom stereocenters. The van der Waals surface area contributed by atoms with Gasteiger partial charge < -0.3 is 18.8 Å². The molecule has 2 heterocycles. The van der Waals surface area contributed by atoms with Gasteiger partial charge in [-0.05, 0) is 57.2 Å². The number of anilines is 1. The van der Waals surface area contributed by atoms with Gasteiger partial charge in [0.25, 0.3) is 0 Å². The highest BCUT2D eigenvalue weighted by Crippen LogP contribution is 2.56. The number of nitrogens with zero attached hydrogens (tertiary/aromatic N) is 2. The highest BCUT2D eigenvalue weighted by molar-refractivity contribution is 5.84. The van der Waals surface area contributed by atoms with Gasteiger partial charge in [0, 0.05) is 24.2 Å². The summed E-state index contributed by atoms with van der Waals surface area (Å²) in [6.45, 7) is 7.23. The first-order valence-electron chi connectivity index (χ1n) is 10.1. The van der Waals surface area contributed by atoms with Gasteiger partial charge in [-0.15, -0.1) is 0 Å². The van der Waals surface area contributed by atoms with Crippen LogP contribution >= 0.6 is 0 Å². The van der Waals surface area contributed by atoms with Crippen LogP contribution in [0.25, 0.3) is 0 Å². The van der Waals surface area contributed by atoms with Crippen LogP contribution in [0.15, 0.2) is 41.3 Å². The molecule has 1 saturated carbocycles. The zero-order valence-electron chi connectivity index (χ0n) is 17.5. The van der Waals surface area contributed by atoms with Crippen LogP contribution in [0.4, 0.5) is 15.3 Å². The summed E-state index contributed by atoms with van der Waals surface area (Å²) < 4.78 is 15.5. The number of aromatic nitrogens is 1. The van der Waals surface area contributed by atoms with Crippen LogP contribution in [0.3, 0.4) is 0 Å². The van der Waals surface area contributed by atoms with Gasteiger partial charge in [0.15, 0.2) is 18.8 Å². The second-order valence-corrected chi connectivity index (χ2v) is 9.23. The molecule has 8 heteroatoms. The van der Waals surface area contributed by atoms with Gasteiger partial charge in [0.05, 0.1) is 6.20 Å². The van der Waals surface area contributed by atoms with Crippen molar-refractivity contribution < 1.29 is 23.5 Å². The molecular weight excluding hydrogens is 386 g/mol. The lowest BCUT2D eigenvalue weighted by Crippen LogP contribution is -2.63. The van der Waals surface area contributed by atoms with Gasteiger partial charge in [-0.2, -0.15) is 0 Å². The molecule has 2 aliphatic rings. The average Bonchev–Trinajstić information content (AvgIpc) is 3.11. The minimum Gasteiger partial charge on any atom is -0.445 e. The molecule has 2 fully saturated rings. The van der Waals surface area contributed by atoms with Gasteiger partial charge in [0.1, 0.15) is 5.60 Å². The van der Waals surface area contributed by atoms with Crippen LogP contribution < -0.4 is 5.32 Å². The number of benzene rings is 1. The maximum absolute atomic E-state index is 12.1. The molecule has 1 aliphatic heterocycles. The highest BCUT2D eigenvalue weighted by atomic mass is 16.6. The van der Waals surface area contributed by atoms with Gasteiger partial charge in [0.2, 0.25) is 0 Å². The van der Waals surface area contributed by atoms with E-state index in [1.54, 1.807) is 4.90 Å². The predicted molar refractivity (Wildman–Crippen MR) is 109 cm³/mol. The first-order chi connectivity index (χ1) is 14.2. The monoisotopic (exact) mass is 413 g/mol. The molecule has 2 amide bonds. The quantitative estimate of drug-likeness (QED) is 0.791. The van der Waals surface area contributed by atoms with Crippen molar-refractivity contribution in [2.24, 2.45) is 5.41 Å². The Morgan fingerprint density at radius 1 is 1.23 bits per heavy atom. The number of oxazole rings is 1. The van der Waals surface area contributed by atoms with Gasteiger partial charge >= 0.3 is 12.2 Å². The van der Waals surface area contributed by atoms with Crippen molar-refractivity contribution >= 4 is 17.9 Å². The second kappa shape index (κ2) is 7.66. The standard InChI is InChI=1S/C22H27N3O5/c1-21(2,3)30-20(27)25-12-22(13-25)8-16(9-22)15-4-6-17(7-5-15)24-19(26)28-11-18-10-23-14-29-18/h4-7,10,14,16H,8-9,11-13H2,1-3H3,(H,24,26). The van der Waals surface area contributed by atoms with Crippen molar-refractivity contribution in [3.8, 4) is 0 Å². The Bertz CT molecular complexity index is 888. The van der Waals surface area contributed by atoms with Crippen molar-refractivity contribution in [3.05, 3.63) is 48.2 Å². The van der Waals surface area contributed by atoms with Crippen molar-refractivity contribution in [2.45, 2.75) is 51.7 Å². The minimum atomic E-state index is -0.543. The fourth-order valence-corrected chi connectivity index (χ4v) is 4.14. The lowest BCUT2D eigenvalue weighted by atomic mass is 9.56. The van der Waals surface area contributed by atoms with Crippen LogP contribution in [0.5, 0.6) is 0 Å². The molecule has 4 rings (SSSR count). The zero-order chi connectivity index (χ0) is 21.4. The molecule has 0 radical (unpaired) electrons. The Morgan fingerprint density at radius 2 is 1.93 bits per heavy atom. The number of carbonyl (C=O) groups excluding carboxylic acids is 2. The maximum atomic E-state index is 12.1. The first kappa shape index (κ1) is 20.3. The number of ether oxygens (including phenoxy) is 2. The van der Waals surface area contributed by atoms with E-state index in [0.29, 0.717) is 17.4 Å². The van der Waals surface area contributed by atoms with E-state index < -0.39 is 11.7 Å². The van der Waals surface area contributed by atoms with E-state index in [1.165, 1.54) is 18.2 Å². The van der Waals surface area contributed by atoms with E-state index >= 15 is 0 Å². The smallest absolute Gasteiger partial charge is 0.412 e. The summed E-state index contributed by atoms with van der Waals surface area (Å²) in [5.41, 5.74) is 1.70. The molecule has 1 aromatic carbocycles. The number of amides is 2. The Balaban J connectivity index is 1.21. The van der Waals surface area contributed by atoms with E-state index in [4.69, 9.17) is 13.9 Å². The SMILES string of the molecule is CC(C)(C)OC(=O)N1CC2(CC(c3ccc(NC(=O)OCc4cnco4)cc3)C2)C1. The summed E-state index contributed by atoms with van der Waals surface area (Å²) in [5.74, 6) is 0.971. The lowest BCUT2D eigenvalue weighted by Gasteiger charge is -2.58. The molecule has 1 saturated heterocycles. The molecule has 0 bridgehead atoms. The van der Waals surface area contributed by atoms with E-state index in [9.17, 15) is 9.59 Å². The Morgan fingerprint density at radius 3 is 2.53 bits per heavy atom. The van der Waals surface area contributed by atoms with E-state index in [2.05, 4.69) is 10.3 Å². The number of hydrogen-bond donors (Lipinski definition) is 1. The van der Waals surface area contributed by atoms with Crippen LogP contribution in [-0.4, -0.2) is 40.8 Å². The van der Waals surface area contributed by atoms with E-state index in [0.717, 1.165) is 25.9 Å². The number of nitrogens with one attached hydrogen (secondary N) is 1. The maximum Gasteiger partial charge on any atom is 0.412 e. The lowest BCUT2D eigenvalue weighted by molar-refractivity contribution is -0.0786. The molecule has 1 N–H and O–H groups in total. The third kappa shape index (κ3) is 4.58. The second-order valence-electron chi connectivity index (χ2n) is 9.23. The largest absolute Gasteiger partial charge is 0.445 e. The summed E-state index contributed by atoms with van der Waals surface area (Å²) in [6.07, 6.45) is 4.16. The summed E-state index contributed by atoms with van der Waals surface area (Å²) in [4.78, 5) is 29.5. The molecule has 1 aliphatic carbocycles. The van der Waals surface area contributed by atoms with E-state index in [-0.39, 0.29) is 18.1 Å². The van der Waals surface area contributed by atoms with Crippen LogP contribution in [0, 0.1) is 5.41 Å². The molecular formula is C22H27N3O5. The molecule has 1 spiro atoms. The average molecular weight is 413 g/mol. The third-order valence-corrected chi connectivity index (χ3v) is 5.52. The number of likely N-dealkylation sites (tertiary alicyclic amines) is 1. The third-order valence-electron chi connectivity index (χ3n) is 5.52. The van der Waals surface area contributed by atoms with E-state index in [1.807, 2.05) is 45.0 Å². The van der Waals surface area contributed by atoms with Crippen molar-refractivity contribution in [2.75, 3.05) is 18.4 Å². The number of carbonyl (C=O) groups is 2. The molecule has 30 heavy (non-hydrogen) atoms. The van der Waals surface area contributed by atoms with Crippen molar-refractivity contribution in [1.82, 2.24) is 9.88 Å². The molecule has 160 valence electrons. The van der Waals surface area contributed by atoms with Gasteiger partial charge in [-0.3, -0.25) is 5.32 Å². The topological polar surface area (TPSA) is 93.9 Å². The number of hydrogen-bond acceptors (Lipinski definition) is 6. The fourth-order valence-electron chi connectivity index (χ4n) is 4.14. The summed E-state index contributed by atoms with van der Waals surface area (Å²) >= 11 is 0. The summed E-state index contributed by atoms with van der Waals surface area (Å²) in [7, 11) is 0. The fraction of sp³-hybridized carbons (Fsp3) is 0.500. The molecule has 1 aromatic heterocycles. The van der Waals surface area contributed by atoms with Gasteiger partial charge in [-0.25, -0.2) is 14.6 Å². The summed E-state index contributed by atoms with van der Waals surface area (Å²) in [6, 6.07) is 7.83. The molecule has 8 nitrogen and oxygen atoms in total. The predicted octanol–water partition coefficient (Wildman–Crippen LogP) is 4.54. The van der Waals surface area contributed by atoms with Crippen LogP contribution in [-0.2, 0) is 16.1 Å². The van der Waals surface area contributed by atoms with Crippen molar-refractivity contribution in [1.29, 1.82) is 0 Å². The first-order valence-corrected chi connectivity index (χ1v) is 10.1. The minimum absolute atomic E-state index is 0.0361. The normalized spacial score (nSPS) is 17.8. The summed E-state index contributed by atoms with van der Waals surface area (Å²) in [5, 5.41) is 2.70. The Kier molecular flexibility index (Phi) is 5.17.